The van der Waals surface area contributed by atoms with Crippen LogP contribution in [0.15, 0.2) is 38.9 Å². The molecule has 112 valence electrons. The first-order valence-corrected chi connectivity index (χ1v) is 8.38. The van der Waals surface area contributed by atoms with Crippen molar-refractivity contribution in [3.05, 3.63) is 59.7 Å². The van der Waals surface area contributed by atoms with E-state index in [1.54, 1.807) is 29.5 Å². The van der Waals surface area contributed by atoms with Gasteiger partial charge in [0, 0.05) is 20.3 Å². The summed E-state index contributed by atoms with van der Waals surface area (Å²) in [5.41, 5.74) is 0.744. The van der Waals surface area contributed by atoms with E-state index < -0.39 is 0 Å². The Balaban J connectivity index is 1.84. The van der Waals surface area contributed by atoms with Crippen molar-refractivity contribution in [3.63, 3.8) is 0 Å². The van der Waals surface area contributed by atoms with Gasteiger partial charge in [-0.05, 0) is 52.4 Å². The highest BCUT2D eigenvalue weighted by Crippen LogP contribution is 2.19. The molecule has 0 saturated carbocycles. The topological polar surface area (TPSA) is 77.8 Å². The predicted octanol–water partition coefficient (Wildman–Crippen LogP) is 3.34. The number of fused-ring (bicyclic) bond motifs is 1. The molecule has 2 aromatic heterocycles. The minimum Gasteiger partial charge on any atom is -0.347 e. The molecule has 0 fully saturated rings. The number of aromatic amines is 2. The van der Waals surface area contributed by atoms with Crippen molar-refractivity contribution >= 4 is 56.3 Å². The third-order valence-electron chi connectivity index (χ3n) is 3.05. The molecule has 2 heterocycles. The fourth-order valence-corrected chi connectivity index (χ4v) is 3.62. The number of carbonyl (C=O) groups excluding carboxylic acids is 1. The highest BCUT2D eigenvalue weighted by atomic mass is 79.9. The monoisotopic (exact) mass is 395 g/mol. The smallest absolute Gasteiger partial charge is 0.259 e. The normalized spacial score (nSPS) is 10.8. The van der Waals surface area contributed by atoms with Gasteiger partial charge in [-0.1, -0.05) is 0 Å². The molecule has 0 saturated heterocycles. The molecule has 3 N–H and O–H groups in total. The minimum atomic E-state index is -0.269. The first-order valence-electron chi connectivity index (χ1n) is 6.30. The molecule has 8 heteroatoms. The number of carbonyl (C=O) groups is 1. The molecule has 1 aromatic carbocycles. The molecule has 0 aliphatic rings. The third-order valence-corrected chi connectivity index (χ3v) is 4.95. The van der Waals surface area contributed by atoms with Crippen LogP contribution in [0, 0.1) is 4.77 Å². The third kappa shape index (κ3) is 3.18. The Kier molecular flexibility index (Phi) is 4.23. The zero-order chi connectivity index (χ0) is 15.7. The highest BCUT2D eigenvalue weighted by molar-refractivity contribution is 9.10. The molecule has 0 aliphatic carbocycles. The number of H-pyrrole nitrogens is 2. The van der Waals surface area contributed by atoms with E-state index in [2.05, 4.69) is 31.2 Å². The lowest BCUT2D eigenvalue weighted by Crippen LogP contribution is -2.22. The number of thiophene rings is 1. The second-order valence-corrected chi connectivity index (χ2v) is 6.90. The average Bonchev–Trinajstić information content (AvgIpc) is 2.89. The molecule has 0 bridgehead atoms. The minimum absolute atomic E-state index is 0.203. The van der Waals surface area contributed by atoms with Crippen molar-refractivity contribution in [2.75, 3.05) is 0 Å². The maximum absolute atomic E-state index is 12.2. The van der Waals surface area contributed by atoms with Crippen molar-refractivity contribution in [2.24, 2.45) is 0 Å². The second-order valence-electron chi connectivity index (χ2n) is 4.58. The van der Waals surface area contributed by atoms with Crippen LogP contribution in [-0.4, -0.2) is 15.9 Å². The maximum Gasteiger partial charge on any atom is 0.259 e. The molecular formula is C14H10BrN3O2S2. The number of hydrogen-bond donors (Lipinski definition) is 3. The summed E-state index contributed by atoms with van der Waals surface area (Å²) in [7, 11) is 0. The largest absolute Gasteiger partial charge is 0.347 e. The number of aromatic nitrogens is 2. The van der Waals surface area contributed by atoms with Gasteiger partial charge in [-0.2, -0.15) is 0 Å². The van der Waals surface area contributed by atoms with E-state index in [1.165, 1.54) is 0 Å². The lowest BCUT2D eigenvalue weighted by Gasteiger charge is -2.05. The molecule has 1 amide bonds. The van der Waals surface area contributed by atoms with Crippen LogP contribution >= 0.6 is 39.5 Å². The molecule has 0 spiro atoms. The summed E-state index contributed by atoms with van der Waals surface area (Å²) in [4.78, 5) is 30.4. The summed E-state index contributed by atoms with van der Waals surface area (Å²) in [6, 6.07) is 6.81. The van der Waals surface area contributed by atoms with Gasteiger partial charge in [0.15, 0.2) is 4.77 Å². The summed E-state index contributed by atoms with van der Waals surface area (Å²) in [5, 5.41) is 5.27. The van der Waals surface area contributed by atoms with Gasteiger partial charge in [0.05, 0.1) is 17.4 Å². The predicted molar refractivity (Wildman–Crippen MR) is 92.9 cm³/mol. The average molecular weight is 396 g/mol. The van der Waals surface area contributed by atoms with Crippen molar-refractivity contribution in [1.29, 1.82) is 0 Å². The van der Waals surface area contributed by atoms with Gasteiger partial charge in [0.25, 0.3) is 11.5 Å². The number of halogens is 1. The van der Waals surface area contributed by atoms with Crippen LogP contribution in [0.5, 0.6) is 0 Å². The Morgan fingerprint density at radius 1 is 1.32 bits per heavy atom. The van der Waals surface area contributed by atoms with Gasteiger partial charge in [0.2, 0.25) is 0 Å². The van der Waals surface area contributed by atoms with Crippen LogP contribution in [0.25, 0.3) is 10.9 Å². The van der Waals surface area contributed by atoms with Gasteiger partial charge < -0.3 is 10.3 Å². The second kappa shape index (κ2) is 6.15. The lowest BCUT2D eigenvalue weighted by molar-refractivity contribution is 0.0951. The molecule has 0 aliphatic heterocycles. The van der Waals surface area contributed by atoms with Gasteiger partial charge in [-0.25, -0.2) is 0 Å². The molecule has 0 unspecified atom stereocenters. The van der Waals surface area contributed by atoms with E-state index >= 15 is 0 Å². The molecular weight excluding hydrogens is 386 g/mol. The number of amides is 1. The van der Waals surface area contributed by atoms with Crippen LogP contribution < -0.4 is 10.9 Å². The number of rotatable bonds is 3. The zero-order valence-corrected chi connectivity index (χ0v) is 14.3. The summed E-state index contributed by atoms with van der Waals surface area (Å²) in [6.07, 6.45) is 0. The van der Waals surface area contributed by atoms with Gasteiger partial charge in [-0.15, -0.1) is 11.3 Å². The SMILES string of the molecule is O=C(NCc1cc(Br)cs1)c1ccc2c(=O)[nH]c(=S)[nH]c2c1. The summed E-state index contributed by atoms with van der Waals surface area (Å²) in [6.45, 7) is 0.457. The Bertz CT molecular complexity index is 974. The van der Waals surface area contributed by atoms with Crippen molar-refractivity contribution in [3.8, 4) is 0 Å². The van der Waals surface area contributed by atoms with Gasteiger partial charge in [0.1, 0.15) is 0 Å². The Morgan fingerprint density at radius 2 is 2.14 bits per heavy atom. The number of benzene rings is 1. The highest BCUT2D eigenvalue weighted by Gasteiger charge is 2.08. The number of nitrogens with one attached hydrogen (secondary N) is 3. The molecule has 22 heavy (non-hydrogen) atoms. The number of hydrogen-bond acceptors (Lipinski definition) is 4. The Hall–Kier alpha value is -1.77. The molecule has 0 atom stereocenters. The van der Waals surface area contributed by atoms with Crippen molar-refractivity contribution in [1.82, 2.24) is 15.3 Å². The quantitative estimate of drug-likeness (QED) is 0.595. The standard InChI is InChI=1S/C14H10BrN3O2S2/c15-8-4-9(22-6-8)5-16-12(19)7-1-2-10-11(3-7)17-14(21)18-13(10)20/h1-4,6H,5H2,(H,16,19)(H2,17,18,20,21). The fraction of sp³-hybridized carbons (Fsp3) is 0.0714. The summed E-state index contributed by atoms with van der Waals surface area (Å²) >= 11 is 9.88. The first kappa shape index (κ1) is 15.1. The molecule has 3 aromatic rings. The molecule has 0 radical (unpaired) electrons. The Labute approximate surface area is 142 Å². The zero-order valence-electron chi connectivity index (χ0n) is 11.1. The molecule has 5 nitrogen and oxygen atoms in total. The summed E-state index contributed by atoms with van der Waals surface area (Å²) in [5.74, 6) is -0.203. The van der Waals surface area contributed by atoms with Crippen LogP contribution in [0.1, 0.15) is 15.2 Å². The van der Waals surface area contributed by atoms with Crippen molar-refractivity contribution < 1.29 is 4.79 Å². The van der Waals surface area contributed by atoms with E-state index in [4.69, 9.17) is 12.2 Å². The van der Waals surface area contributed by atoms with E-state index in [0.29, 0.717) is 23.0 Å². The van der Waals surface area contributed by atoms with E-state index in [-0.39, 0.29) is 16.2 Å². The summed E-state index contributed by atoms with van der Waals surface area (Å²) < 4.78 is 1.23. The van der Waals surface area contributed by atoms with Crippen LogP contribution in [0.3, 0.4) is 0 Å². The maximum atomic E-state index is 12.2. The Morgan fingerprint density at radius 3 is 2.86 bits per heavy atom. The van der Waals surface area contributed by atoms with E-state index in [9.17, 15) is 9.59 Å². The first-order chi connectivity index (χ1) is 10.5. The van der Waals surface area contributed by atoms with Crippen LogP contribution in [-0.2, 0) is 6.54 Å². The molecule has 3 rings (SSSR count). The van der Waals surface area contributed by atoms with Gasteiger partial charge >= 0.3 is 0 Å². The van der Waals surface area contributed by atoms with E-state index in [0.717, 1.165) is 9.35 Å². The van der Waals surface area contributed by atoms with Crippen LogP contribution in [0.2, 0.25) is 0 Å². The van der Waals surface area contributed by atoms with Crippen LogP contribution in [0.4, 0.5) is 0 Å². The van der Waals surface area contributed by atoms with Gasteiger partial charge in [-0.3, -0.25) is 14.6 Å². The van der Waals surface area contributed by atoms with E-state index in [1.807, 2.05) is 11.4 Å². The fourth-order valence-electron chi connectivity index (χ4n) is 2.03. The van der Waals surface area contributed by atoms with Crippen molar-refractivity contribution in [2.45, 2.75) is 6.54 Å². The lowest BCUT2D eigenvalue weighted by atomic mass is 10.1.